The first-order valence-electron chi connectivity index (χ1n) is 3.88. The Bertz CT molecular complexity index is 397. The molecular formula is C7H8F2N4O2. The summed E-state index contributed by atoms with van der Waals surface area (Å²) < 4.78 is 25.0. The molecular weight excluding hydrogens is 210 g/mol. The molecule has 1 heterocycles. The van der Waals surface area contributed by atoms with E-state index in [1.54, 1.807) is 0 Å². The van der Waals surface area contributed by atoms with Gasteiger partial charge in [-0.25, -0.2) is 8.78 Å². The van der Waals surface area contributed by atoms with E-state index in [9.17, 15) is 18.9 Å². The van der Waals surface area contributed by atoms with Crippen LogP contribution in [0.4, 0.5) is 20.3 Å². The van der Waals surface area contributed by atoms with Crippen LogP contribution < -0.4 is 11.5 Å². The predicted octanol–water partition coefficient (Wildman–Crippen LogP) is 0.968. The Hall–Kier alpha value is -1.83. The van der Waals surface area contributed by atoms with Crippen LogP contribution in [0.1, 0.15) is 17.6 Å². The van der Waals surface area contributed by atoms with E-state index in [0.717, 1.165) is 6.20 Å². The lowest BCUT2D eigenvalue weighted by atomic mass is 10.1. The van der Waals surface area contributed by atoms with Crippen molar-refractivity contribution in [3.8, 4) is 0 Å². The van der Waals surface area contributed by atoms with Crippen molar-refractivity contribution < 1.29 is 13.7 Å². The number of nitrogen functional groups attached to an aromatic ring is 1. The lowest BCUT2D eigenvalue weighted by Crippen LogP contribution is -2.09. The highest BCUT2D eigenvalue weighted by molar-refractivity contribution is 5.59. The van der Waals surface area contributed by atoms with E-state index < -0.39 is 22.7 Å². The van der Waals surface area contributed by atoms with Crippen LogP contribution in [-0.4, -0.2) is 9.91 Å². The molecule has 0 aromatic carbocycles. The van der Waals surface area contributed by atoms with Gasteiger partial charge in [0.25, 0.3) is 6.43 Å². The van der Waals surface area contributed by atoms with Crippen LogP contribution in [0.5, 0.6) is 0 Å². The van der Waals surface area contributed by atoms with Crippen LogP contribution in [0.3, 0.4) is 0 Å². The Morgan fingerprint density at radius 2 is 2.20 bits per heavy atom. The Labute approximate surface area is 83.0 Å². The molecule has 0 bridgehead atoms. The highest BCUT2D eigenvalue weighted by atomic mass is 19.3. The standard InChI is InChI=1S/C7H8F2N4O2/c8-6(9)4-5(11)3(1-10)2-12-7(4)13(14)15/h2,6H,1,10H2,(H2,11,12). The molecule has 0 aliphatic carbocycles. The van der Waals surface area contributed by atoms with Gasteiger partial charge in [0.15, 0.2) is 0 Å². The van der Waals surface area contributed by atoms with E-state index in [2.05, 4.69) is 4.98 Å². The molecule has 0 saturated heterocycles. The molecule has 1 rings (SSSR count). The van der Waals surface area contributed by atoms with Crippen LogP contribution >= 0.6 is 0 Å². The van der Waals surface area contributed by atoms with E-state index in [4.69, 9.17) is 11.5 Å². The third-order valence-corrected chi connectivity index (χ3v) is 1.83. The largest absolute Gasteiger partial charge is 0.398 e. The van der Waals surface area contributed by atoms with Crippen molar-refractivity contribution in [1.29, 1.82) is 0 Å². The molecule has 82 valence electrons. The van der Waals surface area contributed by atoms with Gasteiger partial charge in [-0.1, -0.05) is 0 Å². The zero-order valence-electron chi connectivity index (χ0n) is 7.48. The van der Waals surface area contributed by atoms with Gasteiger partial charge in [0.1, 0.15) is 11.8 Å². The predicted molar refractivity (Wildman–Crippen MR) is 48.2 cm³/mol. The Morgan fingerprint density at radius 1 is 1.60 bits per heavy atom. The number of aromatic nitrogens is 1. The normalized spacial score (nSPS) is 10.7. The molecule has 4 N–H and O–H groups in total. The third-order valence-electron chi connectivity index (χ3n) is 1.83. The first kappa shape index (κ1) is 11.2. The smallest absolute Gasteiger partial charge is 0.374 e. The molecule has 0 aliphatic rings. The molecule has 0 saturated carbocycles. The summed E-state index contributed by atoms with van der Waals surface area (Å²) in [6, 6.07) is 0. The number of nitrogens with two attached hydrogens (primary N) is 2. The van der Waals surface area contributed by atoms with Crippen LogP contribution in [-0.2, 0) is 6.54 Å². The number of halogens is 2. The second-order valence-corrected chi connectivity index (χ2v) is 2.70. The first-order chi connectivity index (χ1) is 6.99. The second kappa shape index (κ2) is 4.13. The molecule has 8 heteroatoms. The van der Waals surface area contributed by atoms with E-state index in [1.807, 2.05) is 0 Å². The van der Waals surface area contributed by atoms with Gasteiger partial charge in [-0.15, -0.1) is 0 Å². The van der Waals surface area contributed by atoms with Crippen molar-refractivity contribution >= 4 is 11.5 Å². The maximum atomic E-state index is 12.5. The minimum atomic E-state index is -3.05. The lowest BCUT2D eigenvalue weighted by molar-refractivity contribution is -0.391. The zero-order valence-corrected chi connectivity index (χ0v) is 7.48. The molecule has 0 atom stereocenters. The van der Waals surface area contributed by atoms with Gasteiger partial charge in [0, 0.05) is 12.1 Å². The van der Waals surface area contributed by atoms with Gasteiger partial charge in [0.05, 0.1) is 5.69 Å². The van der Waals surface area contributed by atoms with Gasteiger partial charge in [-0.2, -0.15) is 0 Å². The molecule has 1 aromatic heterocycles. The summed E-state index contributed by atoms with van der Waals surface area (Å²) in [7, 11) is 0. The third kappa shape index (κ3) is 1.99. The first-order valence-corrected chi connectivity index (χ1v) is 3.88. The highest BCUT2D eigenvalue weighted by Gasteiger charge is 2.27. The number of rotatable bonds is 3. The number of hydrogen-bond donors (Lipinski definition) is 2. The minimum Gasteiger partial charge on any atom is -0.398 e. The number of alkyl halides is 2. The number of hydrogen-bond acceptors (Lipinski definition) is 5. The molecule has 0 spiro atoms. The minimum absolute atomic E-state index is 0.101. The summed E-state index contributed by atoms with van der Waals surface area (Å²) in [5.41, 5.74) is 9.46. The monoisotopic (exact) mass is 218 g/mol. The Kier molecular flexibility index (Phi) is 3.10. The van der Waals surface area contributed by atoms with E-state index in [-0.39, 0.29) is 17.8 Å². The summed E-state index contributed by atoms with van der Waals surface area (Å²) in [6.45, 7) is -0.101. The molecule has 15 heavy (non-hydrogen) atoms. The summed E-state index contributed by atoms with van der Waals surface area (Å²) in [5, 5.41) is 10.4. The molecule has 0 amide bonds. The average Bonchev–Trinajstić information content (AvgIpc) is 2.16. The molecule has 0 fully saturated rings. The van der Waals surface area contributed by atoms with Crippen molar-refractivity contribution in [2.75, 3.05) is 5.73 Å². The zero-order chi connectivity index (χ0) is 11.6. The van der Waals surface area contributed by atoms with Crippen molar-refractivity contribution in [3.05, 3.63) is 27.4 Å². The second-order valence-electron chi connectivity index (χ2n) is 2.70. The van der Waals surface area contributed by atoms with Gasteiger partial charge in [-0.05, 0) is 9.91 Å². The number of pyridine rings is 1. The van der Waals surface area contributed by atoms with Gasteiger partial charge in [0.2, 0.25) is 0 Å². The SMILES string of the molecule is NCc1cnc([N+](=O)[O-])c(C(F)F)c1N. The van der Waals surface area contributed by atoms with E-state index in [1.165, 1.54) is 0 Å². The van der Waals surface area contributed by atoms with Crippen LogP contribution in [0.2, 0.25) is 0 Å². The molecule has 6 nitrogen and oxygen atoms in total. The van der Waals surface area contributed by atoms with E-state index >= 15 is 0 Å². The molecule has 0 unspecified atom stereocenters. The fourth-order valence-corrected chi connectivity index (χ4v) is 1.09. The van der Waals surface area contributed by atoms with Crippen LogP contribution in [0.25, 0.3) is 0 Å². The number of anilines is 1. The fraction of sp³-hybridized carbons (Fsp3) is 0.286. The maximum absolute atomic E-state index is 12.5. The maximum Gasteiger partial charge on any atom is 0.374 e. The highest BCUT2D eigenvalue weighted by Crippen LogP contribution is 2.33. The Balaban J connectivity index is 3.44. The van der Waals surface area contributed by atoms with Gasteiger partial charge in [-0.3, -0.25) is 0 Å². The summed E-state index contributed by atoms with van der Waals surface area (Å²) in [4.78, 5) is 12.7. The van der Waals surface area contributed by atoms with Crippen molar-refractivity contribution in [2.24, 2.45) is 5.73 Å². The summed E-state index contributed by atoms with van der Waals surface area (Å²) in [5.74, 6) is -0.931. The lowest BCUT2D eigenvalue weighted by Gasteiger charge is -2.07. The summed E-state index contributed by atoms with van der Waals surface area (Å²) in [6.07, 6.45) is -2.02. The van der Waals surface area contributed by atoms with Crippen molar-refractivity contribution in [1.82, 2.24) is 4.98 Å². The quantitative estimate of drug-likeness (QED) is 0.580. The van der Waals surface area contributed by atoms with Crippen molar-refractivity contribution in [3.63, 3.8) is 0 Å². The molecule has 1 aromatic rings. The topological polar surface area (TPSA) is 108 Å². The number of nitro groups is 1. The van der Waals surface area contributed by atoms with Gasteiger partial charge >= 0.3 is 5.82 Å². The van der Waals surface area contributed by atoms with Gasteiger partial charge < -0.3 is 21.6 Å². The van der Waals surface area contributed by atoms with Crippen molar-refractivity contribution in [2.45, 2.75) is 13.0 Å². The fourth-order valence-electron chi connectivity index (χ4n) is 1.09. The summed E-state index contributed by atoms with van der Waals surface area (Å²) >= 11 is 0. The molecule has 0 radical (unpaired) electrons. The van der Waals surface area contributed by atoms with E-state index in [0.29, 0.717) is 0 Å². The average molecular weight is 218 g/mol. The molecule has 0 aliphatic heterocycles. The van der Waals surface area contributed by atoms with Crippen LogP contribution in [0.15, 0.2) is 6.20 Å². The number of nitrogens with zero attached hydrogens (tertiary/aromatic N) is 2. The van der Waals surface area contributed by atoms with Crippen LogP contribution in [0, 0.1) is 10.1 Å². The Morgan fingerprint density at radius 3 is 2.60 bits per heavy atom.